The molecule has 2 aromatic rings. The van der Waals surface area contributed by atoms with Crippen molar-refractivity contribution >= 4 is 28.2 Å². The Morgan fingerprint density at radius 1 is 1.22 bits per heavy atom. The van der Waals surface area contributed by atoms with Crippen LogP contribution >= 0.6 is 23.1 Å². The zero-order valence-corrected chi connectivity index (χ0v) is 12.2. The summed E-state index contributed by atoms with van der Waals surface area (Å²) in [6, 6.07) is 10.4. The maximum absolute atomic E-state index is 5.83. The second-order valence-electron chi connectivity index (χ2n) is 4.16. The first-order valence-corrected chi connectivity index (χ1v) is 7.91. The number of rotatable bonds is 6. The highest BCUT2D eigenvalue weighted by Gasteiger charge is 2.10. The molecule has 2 rings (SSSR count). The molecule has 2 nitrogen and oxygen atoms in total. The number of unbranched alkanes of at least 4 members (excludes halogenated alkanes) is 2. The van der Waals surface area contributed by atoms with E-state index in [0.717, 1.165) is 6.42 Å². The van der Waals surface area contributed by atoms with Gasteiger partial charge in [0.15, 0.2) is 5.13 Å². The fourth-order valence-corrected chi connectivity index (χ4v) is 3.83. The van der Waals surface area contributed by atoms with E-state index in [0.29, 0.717) is 5.13 Å². The number of hydrogen-bond acceptors (Lipinski definition) is 4. The average molecular weight is 278 g/mol. The van der Waals surface area contributed by atoms with Gasteiger partial charge in [0, 0.05) is 4.90 Å². The molecule has 2 N–H and O–H groups in total. The van der Waals surface area contributed by atoms with Crippen LogP contribution in [0.15, 0.2) is 39.4 Å². The van der Waals surface area contributed by atoms with Crippen molar-refractivity contribution in [3.63, 3.8) is 0 Å². The summed E-state index contributed by atoms with van der Waals surface area (Å²) in [5, 5.41) is 0.680. The zero-order chi connectivity index (χ0) is 12.8. The van der Waals surface area contributed by atoms with Crippen LogP contribution in [0.3, 0.4) is 0 Å². The van der Waals surface area contributed by atoms with E-state index in [2.05, 4.69) is 36.2 Å². The third-order valence-electron chi connectivity index (χ3n) is 2.65. The molecule has 0 atom stereocenters. The van der Waals surface area contributed by atoms with Crippen LogP contribution in [0.1, 0.15) is 31.9 Å². The van der Waals surface area contributed by atoms with E-state index in [-0.39, 0.29) is 0 Å². The van der Waals surface area contributed by atoms with Crippen LogP contribution in [0.2, 0.25) is 0 Å². The number of nitrogens with two attached hydrogens (primary N) is 1. The fourth-order valence-electron chi connectivity index (χ4n) is 1.73. The monoisotopic (exact) mass is 278 g/mol. The number of anilines is 1. The molecule has 0 aliphatic rings. The number of hydrogen-bond donors (Lipinski definition) is 1. The second kappa shape index (κ2) is 6.81. The molecule has 96 valence electrons. The molecule has 18 heavy (non-hydrogen) atoms. The molecule has 0 aliphatic carbocycles. The van der Waals surface area contributed by atoms with Crippen LogP contribution in [-0.2, 0) is 6.42 Å². The van der Waals surface area contributed by atoms with Crippen molar-refractivity contribution in [2.45, 2.75) is 41.7 Å². The van der Waals surface area contributed by atoms with Crippen molar-refractivity contribution in [1.82, 2.24) is 4.98 Å². The van der Waals surface area contributed by atoms with Crippen molar-refractivity contribution in [1.29, 1.82) is 0 Å². The molecule has 4 heteroatoms. The predicted molar refractivity (Wildman–Crippen MR) is 80.3 cm³/mol. The normalized spacial score (nSPS) is 10.7. The Kier molecular flexibility index (Phi) is 5.08. The summed E-state index contributed by atoms with van der Waals surface area (Å²) in [4.78, 5) is 5.70. The first kappa shape index (κ1) is 13.4. The number of nitrogen functional groups attached to an aromatic ring is 1. The smallest absolute Gasteiger partial charge is 0.181 e. The number of nitrogens with zero attached hydrogens (tertiary/aromatic N) is 1. The summed E-state index contributed by atoms with van der Waals surface area (Å²) in [6.07, 6.45) is 4.73. The lowest BCUT2D eigenvalue weighted by Crippen LogP contribution is -1.89. The van der Waals surface area contributed by atoms with Crippen molar-refractivity contribution in [2.75, 3.05) is 5.73 Å². The molecule has 1 heterocycles. The SMILES string of the molecule is CCCCCc1nc(N)sc1Sc1ccccc1. The highest BCUT2D eigenvalue weighted by atomic mass is 32.2. The molecule has 0 spiro atoms. The Morgan fingerprint density at radius 2 is 2.00 bits per heavy atom. The Morgan fingerprint density at radius 3 is 2.72 bits per heavy atom. The van der Waals surface area contributed by atoms with E-state index in [9.17, 15) is 0 Å². The lowest BCUT2D eigenvalue weighted by atomic mass is 10.2. The minimum atomic E-state index is 0.680. The lowest BCUT2D eigenvalue weighted by Gasteiger charge is -2.01. The molecular formula is C14H18N2S2. The molecule has 0 fully saturated rings. The minimum absolute atomic E-state index is 0.680. The number of thiazole rings is 1. The lowest BCUT2D eigenvalue weighted by molar-refractivity contribution is 0.705. The van der Waals surface area contributed by atoms with Crippen molar-refractivity contribution in [2.24, 2.45) is 0 Å². The predicted octanol–water partition coefficient (Wildman–Crippen LogP) is 4.61. The number of benzene rings is 1. The van der Waals surface area contributed by atoms with Gasteiger partial charge in [0.05, 0.1) is 9.90 Å². The van der Waals surface area contributed by atoms with Gasteiger partial charge < -0.3 is 5.73 Å². The Bertz CT molecular complexity index is 480. The molecule has 1 aromatic heterocycles. The van der Waals surface area contributed by atoms with Gasteiger partial charge in [0.2, 0.25) is 0 Å². The zero-order valence-electron chi connectivity index (χ0n) is 10.6. The van der Waals surface area contributed by atoms with Crippen molar-refractivity contribution in [3.8, 4) is 0 Å². The van der Waals surface area contributed by atoms with Crippen molar-refractivity contribution in [3.05, 3.63) is 36.0 Å². The van der Waals surface area contributed by atoms with E-state index in [1.807, 2.05) is 6.07 Å². The molecule has 0 saturated heterocycles. The molecule has 0 bridgehead atoms. The minimum Gasteiger partial charge on any atom is -0.375 e. The summed E-state index contributed by atoms with van der Waals surface area (Å²) >= 11 is 3.37. The first-order valence-electron chi connectivity index (χ1n) is 6.27. The molecular weight excluding hydrogens is 260 g/mol. The van der Waals surface area contributed by atoms with Gasteiger partial charge in [-0.05, 0) is 25.0 Å². The summed E-state index contributed by atoms with van der Waals surface area (Å²) in [5.74, 6) is 0. The van der Waals surface area contributed by atoms with E-state index in [4.69, 9.17) is 5.73 Å². The quantitative estimate of drug-likeness (QED) is 0.784. The van der Waals surface area contributed by atoms with Gasteiger partial charge in [-0.3, -0.25) is 0 Å². The summed E-state index contributed by atoms with van der Waals surface area (Å²) in [6.45, 7) is 2.22. The molecule has 0 radical (unpaired) electrons. The third-order valence-corrected chi connectivity index (χ3v) is 4.80. The molecule has 0 unspecified atom stereocenters. The Balaban J connectivity index is 2.07. The van der Waals surface area contributed by atoms with Gasteiger partial charge in [-0.15, -0.1) is 0 Å². The highest BCUT2D eigenvalue weighted by molar-refractivity contribution is 8.01. The van der Waals surface area contributed by atoms with Gasteiger partial charge in [-0.2, -0.15) is 0 Å². The average Bonchev–Trinajstić information content (AvgIpc) is 2.71. The van der Waals surface area contributed by atoms with E-state index >= 15 is 0 Å². The molecule has 1 aromatic carbocycles. The van der Waals surface area contributed by atoms with Gasteiger partial charge in [0.25, 0.3) is 0 Å². The van der Waals surface area contributed by atoms with Gasteiger partial charge >= 0.3 is 0 Å². The van der Waals surface area contributed by atoms with Crippen LogP contribution in [-0.4, -0.2) is 4.98 Å². The van der Waals surface area contributed by atoms with E-state index in [1.165, 1.54) is 34.1 Å². The summed E-state index contributed by atoms with van der Waals surface area (Å²) in [7, 11) is 0. The fraction of sp³-hybridized carbons (Fsp3) is 0.357. The summed E-state index contributed by atoms with van der Waals surface area (Å²) < 4.78 is 1.25. The number of aromatic nitrogens is 1. The maximum Gasteiger partial charge on any atom is 0.181 e. The molecule has 0 aliphatic heterocycles. The van der Waals surface area contributed by atoms with Crippen LogP contribution in [0, 0.1) is 0 Å². The second-order valence-corrected chi connectivity index (χ2v) is 6.53. The van der Waals surface area contributed by atoms with Crippen LogP contribution < -0.4 is 5.73 Å². The van der Waals surface area contributed by atoms with Gasteiger partial charge in [0.1, 0.15) is 0 Å². The largest absolute Gasteiger partial charge is 0.375 e. The van der Waals surface area contributed by atoms with Crippen molar-refractivity contribution < 1.29 is 0 Å². The van der Waals surface area contributed by atoms with Crippen LogP contribution in [0.4, 0.5) is 5.13 Å². The Hall–Kier alpha value is -1.00. The highest BCUT2D eigenvalue weighted by Crippen LogP contribution is 2.36. The van der Waals surface area contributed by atoms with Crippen LogP contribution in [0.5, 0.6) is 0 Å². The van der Waals surface area contributed by atoms with Gasteiger partial charge in [-0.25, -0.2) is 4.98 Å². The molecule has 0 saturated carbocycles. The topological polar surface area (TPSA) is 38.9 Å². The standard InChI is InChI=1S/C14H18N2S2/c1-2-3-5-10-12-13(18-14(15)16-12)17-11-8-6-4-7-9-11/h4,6-9H,2-3,5,10H2,1H3,(H2,15,16). The maximum atomic E-state index is 5.83. The number of aryl methyl sites for hydroxylation is 1. The first-order chi connectivity index (χ1) is 8.79. The van der Waals surface area contributed by atoms with E-state index in [1.54, 1.807) is 23.1 Å². The van der Waals surface area contributed by atoms with Crippen LogP contribution in [0.25, 0.3) is 0 Å². The third kappa shape index (κ3) is 3.75. The van der Waals surface area contributed by atoms with E-state index < -0.39 is 0 Å². The molecule has 0 amide bonds. The Labute approximate surface area is 117 Å². The van der Waals surface area contributed by atoms with Gasteiger partial charge in [-0.1, -0.05) is 61.1 Å². The summed E-state index contributed by atoms with van der Waals surface area (Å²) in [5.41, 5.74) is 7.00.